The monoisotopic (exact) mass is 1680 g/mol. The Balaban J connectivity index is 0.000000154. The van der Waals surface area contributed by atoms with E-state index in [9.17, 15) is 14.4 Å². The molecule has 7 N–H and O–H groups in total. The molecule has 0 unspecified atom stereocenters. The number of imidazole rings is 3. The quantitative estimate of drug-likeness (QED) is 0.0256. The Hall–Kier alpha value is -13.0. The number of likely N-dealkylation sites (N-methyl/N-ethyl adjacent to an activating group) is 1. The van der Waals surface area contributed by atoms with Crippen LogP contribution in [0.4, 0.5) is 32.2 Å². The Morgan fingerprint density at radius 3 is 1.59 bits per heavy atom. The number of methoxy groups -OCH3 is 5. The van der Waals surface area contributed by atoms with E-state index in [1.54, 1.807) is 93.8 Å². The number of ether oxygens (including phenoxy) is 5. The Kier molecular flexibility index (Phi) is 25.4. The summed E-state index contributed by atoms with van der Waals surface area (Å²) in [6.45, 7) is 9.35. The summed E-state index contributed by atoms with van der Waals surface area (Å²) in [4.78, 5) is 81.7. The van der Waals surface area contributed by atoms with Crippen molar-refractivity contribution in [3.63, 3.8) is 0 Å². The molecule has 0 atom stereocenters. The second-order valence-electron chi connectivity index (χ2n) is 26.9. The zero-order chi connectivity index (χ0) is 83.9. The average Bonchev–Trinajstić information content (AvgIpc) is 1.64. The largest absolute Gasteiger partial charge is 0.495 e. The molecule has 1 fully saturated rings. The molecule has 118 heavy (non-hydrogen) atoms. The van der Waals surface area contributed by atoms with E-state index in [2.05, 4.69) is 64.5 Å². The third-order valence-corrected chi connectivity index (χ3v) is 21.1. The normalized spacial score (nSPS) is 12.2. The minimum atomic E-state index is -1.02. The summed E-state index contributed by atoms with van der Waals surface area (Å²) in [6.07, 6.45) is 18.3. The van der Waals surface area contributed by atoms with Crippen molar-refractivity contribution < 1.29 is 51.7 Å². The van der Waals surface area contributed by atoms with Crippen LogP contribution in [0.5, 0.6) is 34.5 Å². The van der Waals surface area contributed by atoms with E-state index in [1.165, 1.54) is 45.7 Å². The van der Waals surface area contributed by atoms with Crippen molar-refractivity contribution in [2.75, 3.05) is 112 Å². The Morgan fingerprint density at radius 2 is 1.06 bits per heavy atom. The van der Waals surface area contributed by atoms with Crippen LogP contribution in [0.25, 0.3) is 106 Å². The number of piperidine rings is 1. The van der Waals surface area contributed by atoms with Crippen molar-refractivity contribution in [1.29, 1.82) is 0 Å². The fraction of sp³-hybridized carbons (Fsp3) is 0.202. The topological polar surface area (TPSA) is 316 Å². The first kappa shape index (κ1) is 83.0. The lowest BCUT2D eigenvalue weighted by Crippen LogP contribution is -2.37. The number of amides is 3. The highest BCUT2D eigenvalue weighted by atomic mass is 35.5. The maximum absolute atomic E-state index is 15.5. The van der Waals surface area contributed by atoms with Crippen LogP contribution >= 0.6 is 46.4 Å². The molecule has 14 aromatic rings. The average molecular weight is 1680 g/mol. The molecule has 1 aliphatic heterocycles. The minimum Gasteiger partial charge on any atom is -0.495 e. The molecule has 606 valence electrons. The molecular formula is C84H79Cl4F2N19O9. The highest BCUT2D eigenvalue weighted by Crippen LogP contribution is 2.51. The maximum atomic E-state index is 15.5. The van der Waals surface area contributed by atoms with Crippen LogP contribution in [0.2, 0.25) is 20.1 Å². The van der Waals surface area contributed by atoms with Gasteiger partial charge >= 0.3 is 0 Å². The number of anilines is 4. The van der Waals surface area contributed by atoms with Crippen molar-refractivity contribution in [3.8, 4) is 90.4 Å². The van der Waals surface area contributed by atoms with Crippen LogP contribution in [0.15, 0.2) is 166 Å². The van der Waals surface area contributed by atoms with Gasteiger partial charge in [-0.15, -0.1) is 0 Å². The highest BCUT2D eigenvalue weighted by Gasteiger charge is 2.31. The fourth-order valence-corrected chi connectivity index (χ4v) is 15.0. The SMILES string of the molecule is C=CC(=O)NCc1cccc(-c2cn3c(n2)c(-c2c(Cl)c(OC)cc(OC)c2Cl)cc2cnc(NC)cc23)c1.C=CC(=O)Nc1ccc(-c2cn3c(n2)c(-c2c(F)c(OC)cc(ON)c2F)cc2cnc(NC)nc23)cc1.CNc1ncc2cc(-c3c(Cl)c(OC)cc(OC)c3Cl)c3nc(C4CCN(C(=O)/C=C/CN(C)C)CC4)cn3c2n1. The molecule has 0 radical (unpaired) electrons. The summed E-state index contributed by atoms with van der Waals surface area (Å²) in [5.74, 6) is 5.53. The lowest BCUT2D eigenvalue weighted by molar-refractivity contribution is -0.127. The van der Waals surface area contributed by atoms with Gasteiger partial charge in [0.15, 0.2) is 34.4 Å². The third kappa shape index (κ3) is 16.8. The number of rotatable bonds is 23. The molecule has 0 aliphatic carbocycles. The van der Waals surface area contributed by atoms with Crippen LogP contribution in [-0.4, -0.2) is 171 Å². The molecule has 1 saturated heterocycles. The van der Waals surface area contributed by atoms with E-state index < -0.39 is 22.9 Å². The lowest BCUT2D eigenvalue weighted by Gasteiger charge is -2.30. The van der Waals surface area contributed by atoms with Gasteiger partial charge in [0.2, 0.25) is 29.6 Å². The number of pyridine rings is 4. The summed E-state index contributed by atoms with van der Waals surface area (Å²) in [7, 11) is 16.6. The molecule has 34 heteroatoms. The Morgan fingerprint density at radius 1 is 0.559 bits per heavy atom. The Bertz CT molecular complexity index is 6210. The van der Waals surface area contributed by atoms with Crippen LogP contribution in [0.3, 0.4) is 0 Å². The van der Waals surface area contributed by atoms with Gasteiger partial charge in [-0.2, -0.15) is 15.9 Å². The van der Waals surface area contributed by atoms with Gasteiger partial charge in [0, 0.05) is 182 Å². The van der Waals surface area contributed by atoms with Gasteiger partial charge < -0.3 is 64.9 Å². The zero-order valence-electron chi connectivity index (χ0n) is 65.5. The maximum Gasteiger partial charge on any atom is 0.247 e. The van der Waals surface area contributed by atoms with E-state index in [-0.39, 0.29) is 40.6 Å². The van der Waals surface area contributed by atoms with E-state index in [4.69, 9.17) is 95.9 Å². The predicted octanol–water partition coefficient (Wildman–Crippen LogP) is 15.8. The van der Waals surface area contributed by atoms with Crippen LogP contribution in [0.1, 0.15) is 30.0 Å². The number of halogens is 6. The molecule has 0 saturated carbocycles. The fourth-order valence-electron chi connectivity index (χ4n) is 13.6. The number of hydrogen-bond donors (Lipinski definition) is 6. The van der Waals surface area contributed by atoms with Crippen LogP contribution in [-0.2, 0) is 20.9 Å². The molecule has 0 spiro atoms. The Labute approximate surface area is 695 Å². The number of nitrogens with one attached hydrogen (secondary N) is 5. The molecule has 0 bridgehead atoms. The summed E-state index contributed by atoms with van der Waals surface area (Å²) in [5.41, 5.74) is 10.9. The van der Waals surface area contributed by atoms with Gasteiger partial charge in [0.25, 0.3) is 0 Å². The van der Waals surface area contributed by atoms with Crippen molar-refractivity contribution in [1.82, 2.24) is 68.2 Å². The van der Waals surface area contributed by atoms with Crippen molar-refractivity contribution in [2.24, 2.45) is 5.90 Å². The standard InChI is InChI=1S/C29H33Cl2N7O3.C29H25Cl2N5O3.C26H21F2N7O3/c1-32-29-33-15-18-13-19(24-25(30)21(40-4)14-22(41-5)26(24)31)28-34-20(16-38(28)27(18)35-29)17-8-11-37(12-9-17)23(39)7-6-10-36(2)3;1-5-25(37)34-13-16-7-6-8-17(9-16)20-15-36-21-11-24(32-2)33-14-18(21)10-19(29(36)35-20)26-27(30)22(38-3)12-23(39-4)28(26)31;1-4-20(36)32-15-7-5-13(6-8-15)17-12-35-24-14(11-31-26(30-2)34-24)9-16(25(35)33-17)21-22(27)18(37-3)10-19(38-29)23(21)28/h6-7,13-17H,8-12H2,1-5H3,(H,32,33,35);5-12,14-15H,1,13H2,2-4H3,(H,32,33)(H,34,37);4-12H,1,29H2,2-3H3,(H,32,36)(H,30,31,34)/b7-6+;;. The third-order valence-electron chi connectivity index (χ3n) is 19.6. The van der Waals surface area contributed by atoms with Crippen molar-refractivity contribution >= 4 is 137 Å². The van der Waals surface area contributed by atoms with Gasteiger partial charge in [-0.25, -0.2) is 38.7 Å². The second kappa shape index (κ2) is 36.0. The minimum absolute atomic E-state index is 0.0427. The molecule has 10 heterocycles. The molecular weight excluding hydrogens is 1600 g/mol. The van der Waals surface area contributed by atoms with Gasteiger partial charge in [0.1, 0.15) is 45.8 Å². The number of nitrogens with zero attached hydrogens (tertiary/aromatic N) is 13. The van der Waals surface area contributed by atoms with E-state index in [1.807, 2.05) is 101 Å². The molecule has 5 aromatic carbocycles. The second-order valence-corrected chi connectivity index (χ2v) is 28.4. The van der Waals surface area contributed by atoms with E-state index in [0.29, 0.717) is 148 Å². The van der Waals surface area contributed by atoms with E-state index >= 15 is 8.78 Å². The number of fused-ring (bicyclic) bond motifs is 9. The summed E-state index contributed by atoms with van der Waals surface area (Å²) in [5, 5.41) is 18.0. The summed E-state index contributed by atoms with van der Waals surface area (Å²) < 4.78 is 63.7. The zero-order valence-corrected chi connectivity index (χ0v) is 68.5. The lowest BCUT2D eigenvalue weighted by atomic mass is 9.94. The van der Waals surface area contributed by atoms with Gasteiger partial charge in [-0.3, -0.25) is 27.6 Å². The van der Waals surface area contributed by atoms with Crippen LogP contribution in [0, 0.1) is 11.6 Å². The van der Waals surface area contributed by atoms with E-state index in [0.717, 1.165) is 64.3 Å². The number of nitrogens with two attached hydrogens (primary N) is 1. The smallest absolute Gasteiger partial charge is 0.247 e. The number of benzene rings is 5. The summed E-state index contributed by atoms with van der Waals surface area (Å²) in [6, 6.07) is 26.5. The molecule has 1 aliphatic rings. The number of likely N-dealkylation sites (tertiary alicyclic amines) is 1. The first-order valence-corrected chi connectivity index (χ1v) is 38.0. The van der Waals surface area contributed by atoms with Crippen LogP contribution < -0.4 is 61.0 Å². The first-order valence-electron chi connectivity index (χ1n) is 36.5. The first-order chi connectivity index (χ1) is 57.0. The predicted molar refractivity (Wildman–Crippen MR) is 458 cm³/mol. The van der Waals surface area contributed by atoms with Gasteiger partial charge in [0.05, 0.1) is 83.8 Å². The van der Waals surface area contributed by atoms with Gasteiger partial charge in [-0.1, -0.05) is 96.0 Å². The molecule has 15 rings (SSSR count). The summed E-state index contributed by atoms with van der Waals surface area (Å²) >= 11 is 27.3. The number of aromatic nitrogens is 11. The van der Waals surface area contributed by atoms with Crippen molar-refractivity contribution in [2.45, 2.75) is 25.3 Å². The highest BCUT2D eigenvalue weighted by molar-refractivity contribution is 6.42. The molecule has 3 amide bonds. The number of carbonyl (C=O) groups is 3. The number of carbonyl (C=O) groups excluding carboxylic acids is 3. The number of hydrogen-bond acceptors (Lipinski definition) is 22. The van der Waals surface area contributed by atoms with Gasteiger partial charge in [-0.05, 0) is 81.1 Å². The molecule has 9 aromatic heterocycles. The molecule has 28 nitrogen and oxygen atoms in total. The van der Waals surface area contributed by atoms with Crippen molar-refractivity contribution in [3.05, 3.63) is 209 Å².